The normalized spacial score (nSPS) is 22.6. The van der Waals surface area contributed by atoms with Crippen LogP contribution in [-0.2, 0) is 0 Å². The van der Waals surface area contributed by atoms with Crippen LogP contribution in [0.3, 0.4) is 0 Å². The Morgan fingerprint density at radius 3 is 2.30 bits per heavy atom. The number of hydrogen-bond acceptors (Lipinski definition) is 7. The van der Waals surface area contributed by atoms with Crippen molar-refractivity contribution >= 4 is 23.5 Å². The quantitative estimate of drug-likeness (QED) is 0.573. The van der Waals surface area contributed by atoms with Crippen LogP contribution in [0.4, 0.5) is 5.95 Å². The van der Waals surface area contributed by atoms with E-state index in [9.17, 15) is 9.90 Å². The first kappa shape index (κ1) is 27.2. The zero-order chi connectivity index (χ0) is 27.1. The van der Waals surface area contributed by atoms with Gasteiger partial charge in [0.25, 0.3) is 5.91 Å². The van der Waals surface area contributed by atoms with Gasteiger partial charge in [0.15, 0.2) is 0 Å². The van der Waals surface area contributed by atoms with Crippen molar-refractivity contribution < 1.29 is 14.6 Å². The summed E-state index contributed by atoms with van der Waals surface area (Å²) in [5, 5.41) is 22.1. The number of amides is 1. The molecule has 0 atom stereocenters. The first-order chi connectivity index (χ1) is 17.4. The van der Waals surface area contributed by atoms with E-state index in [0.717, 1.165) is 25.9 Å². The fourth-order valence-corrected chi connectivity index (χ4v) is 6.50. The summed E-state index contributed by atoms with van der Waals surface area (Å²) in [7, 11) is 0. The summed E-state index contributed by atoms with van der Waals surface area (Å²) in [6.07, 6.45) is 1.63. The Balaban J connectivity index is 1.48. The van der Waals surface area contributed by atoms with Gasteiger partial charge in [-0.2, -0.15) is 5.26 Å². The zero-order valence-corrected chi connectivity index (χ0v) is 23.2. The molecule has 2 aliphatic rings. The molecule has 1 aromatic heterocycles. The van der Waals surface area contributed by atoms with Gasteiger partial charge in [0.2, 0.25) is 5.95 Å². The van der Waals surface area contributed by atoms with Crippen molar-refractivity contribution in [1.82, 2.24) is 15.3 Å². The second kappa shape index (κ2) is 10.1. The monoisotopic (exact) mass is 525 g/mol. The number of ether oxygens (including phenoxy) is 1. The van der Waals surface area contributed by atoms with Crippen LogP contribution in [-0.4, -0.2) is 52.8 Å². The minimum atomic E-state index is -0.362. The van der Waals surface area contributed by atoms with E-state index in [-0.39, 0.29) is 35.5 Å². The summed E-state index contributed by atoms with van der Waals surface area (Å²) < 4.78 is 6.33. The van der Waals surface area contributed by atoms with Gasteiger partial charge in [-0.15, -0.1) is 0 Å². The molecule has 1 aromatic carbocycles. The highest BCUT2D eigenvalue weighted by Gasteiger charge is 2.64. The van der Waals surface area contributed by atoms with E-state index in [4.69, 9.17) is 21.6 Å². The molecular weight excluding hydrogens is 490 g/mol. The number of nitrogens with one attached hydrogen (secondary N) is 1. The van der Waals surface area contributed by atoms with Crippen LogP contribution in [0.5, 0.6) is 5.75 Å². The number of aromatic nitrogens is 2. The lowest BCUT2D eigenvalue weighted by molar-refractivity contribution is -0.164. The molecule has 0 unspecified atom stereocenters. The summed E-state index contributed by atoms with van der Waals surface area (Å²) in [6, 6.07) is 6.97. The van der Waals surface area contributed by atoms with E-state index in [1.54, 1.807) is 18.2 Å². The van der Waals surface area contributed by atoms with E-state index in [0.29, 0.717) is 45.2 Å². The Morgan fingerprint density at radius 2 is 1.78 bits per heavy atom. The van der Waals surface area contributed by atoms with Crippen molar-refractivity contribution in [3.8, 4) is 11.8 Å². The minimum absolute atomic E-state index is 0.151. The largest absolute Gasteiger partial charge is 0.489 e. The van der Waals surface area contributed by atoms with E-state index in [1.165, 1.54) is 0 Å². The van der Waals surface area contributed by atoms with Gasteiger partial charge in [0, 0.05) is 42.6 Å². The van der Waals surface area contributed by atoms with Crippen molar-refractivity contribution in [3.63, 3.8) is 0 Å². The van der Waals surface area contributed by atoms with Gasteiger partial charge < -0.3 is 20.1 Å². The summed E-state index contributed by atoms with van der Waals surface area (Å²) in [5.74, 6) is 1.38. The Morgan fingerprint density at radius 1 is 1.19 bits per heavy atom. The Bertz CT molecular complexity index is 1190. The predicted octanol–water partition coefficient (Wildman–Crippen LogP) is 4.44. The average Bonchev–Trinajstić information content (AvgIpc) is 2.85. The topological polar surface area (TPSA) is 111 Å². The number of carbonyl (C=O) groups excluding carboxylic acids is 1. The fraction of sp³-hybridized carbons (Fsp3) is 0.571. The molecule has 0 spiro atoms. The summed E-state index contributed by atoms with van der Waals surface area (Å²) in [4.78, 5) is 25.0. The predicted molar refractivity (Wildman–Crippen MR) is 143 cm³/mol. The van der Waals surface area contributed by atoms with Crippen molar-refractivity contribution in [1.29, 1.82) is 5.26 Å². The van der Waals surface area contributed by atoms with Crippen LogP contribution in [0, 0.1) is 41.9 Å². The number of hydrogen-bond donors (Lipinski definition) is 2. The lowest BCUT2D eigenvalue weighted by Gasteiger charge is -2.63. The van der Waals surface area contributed by atoms with Crippen LogP contribution >= 0.6 is 11.6 Å². The van der Waals surface area contributed by atoms with Crippen molar-refractivity contribution in [2.75, 3.05) is 24.6 Å². The molecule has 0 bridgehead atoms. The number of anilines is 1. The third kappa shape index (κ3) is 4.99. The maximum Gasteiger partial charge on any atom is 0.255 e. The number of halogens is 1. The van der Waals surface area contributed by atoms with E-state index < -0.39 is 0 Å². The molecule has 8 nitrogen and oxygen atoms in total. The lowest BCUT2D eigenvalue weighted by atomic mass is 9.49. The first-order valence-corrected chi connectivity index (χ1v) is 13.2. The van der Waals surface area contributed by atoms with Gasteiger partial charge in [-0.05, 0) is 44.7 Å². The van der Waals surface area contributed by atoms with Crippen molar-refractivity contribution in [2.45, 2.75) is 66.5 Å². The highest BCUT2D eigenvalue weighted by Crippen LogP contribution is 2.55. The number of rotatable bonds is 6. The molecule has 1 amide bonds. The maximum absolute atomic E-state index is 13.5. The molecule has 4 rings (SSSR count). The second-order valence-electron chi connectivity index (χ2n) is 11.5. The van der Waals surface area contributed by atoms with Gasteiger partial charge in [0.05, 0.1) is 27.5 Å². The fourth-order valence-electron chi connectivity index (χ4n) is 6.28. The molecule has 0 radical (unpaired) electrons. The van der Waals surface area contributed by atoms with Crippen LogP contribution < -0.4 is 15.0 Å². The zero-order valence-electron chi connectivity index (χ0n) is 22.4. The molecule has 2 N–H and O–H groups in total. The number of piperidine rings is 1. The van der Waals surface area contributed by atoms with Gasteiger partial charge in [-0.25, -0.2) is 9.97 Å². The maximum atomic E-state index is 13.5. The van der Waals surface area contributed by atoms with Gasteiger partial charge in [-0.3, -0.25) is 4.79 Å². The molecule has 1 saturated carbocycles. The number of aryl methyl sites for hydroxylation is 2. The van der Waals surface area contributed by atoms with E-state index >= 15 is 0 Å². The van der Waals surface area contributed by atoms with Crippen LogP contribution in [0.1, 0.15) is 67.8 Å². The Kier molecular flexibility index (Phi) is 7.42. The summed E-state index contributed by atoms with van der Waals surface area (Å²) in [5.41, 5.74) is 1.49. The summed E-state index contributed by atoms with van der Waals surface area (Å²) in [6.45, 7) is 13.8. The molecule has 2 heterocycles. The molecule has 2 fully saturated rings. The van der Waals surface area contributed by atoms with Crippen LogP contribution in [0.2, 0.25) is 5.02 Å². The van der Waals surface area contributed by atoms with E-state index in [2.05, 4.69) is 53.9 Å². The lowest BCUT2D eigenvalue weighted by Crippen LogP contribution is -2.74. The molecule has 1 aliphatic carbocycles. The smallest absolute Gasteiger partial charge is 0.255 e. The average molecular weight is 526 g/mol. The molecule has 198 valence electrons. The molecule has 2 aromatic rings. The van der Waals surface area contributed by atoms with Gasteiger partial charge in [0.1, 0.15) is 17.9 Å². The number of nitrogens with zero attached hydrogens (tertiary/aromatic N) is 4. The number of nitriles is 1. The molecule has 1 saturated heterocycles. The SMILES string of the molecule is Cc1nc(N2CCC(CO)CC2)nc(C)c1C(=O)NC1C(C)(C)C(Oc2ccc(C#N)c(Cl)c2)C1(C)C. The highest BCUT2D eigenvalue weighted by atomic mass is 35.5. The number of aliphatic hydroxyl groups excluding tert-OH is 1. The number of carbonyl (C=O) groups is 1. The van der Waals surface area contributed by atoms with Crippen molar-refractivity contribution in [2.24, 2.45) is 16.7 Å². The Labute approximate surface area is 224 Å². The van der Waals surface area contributed by atoms with Gasteiger partial charge in [-0.1, -0.05) is 39.3 Å². The van der Waals surface area contributed by atoms with E-state index in [1.807, 2.05) is 13.8 Å². The standard InChI is InChI=1S/C28H36ClN5O3/c1-16-22(17(2)32-26(31-16)34-11-9-18(15-35)10-12-34)23(36)33-24-27(3,4)25(28(24,5)6)37-20-8-7-19(14-30)21(29)13-20/h7-8,13,18,24-25,35H,9-12,15H2,1-6H3,(H,33,36). The Hall–Kier alpha value is -2.89. The third-order valence-corrected chi connectivity index (χ3v) is 8.38. The van der Waals surface area contributed by atoms with Crippen LogP contribution in [0.25, 0.3) is 0 Å². The molecular formula is C28H36ClN5O3. The third-order valence-electron chi connectivity index (χ3n) is 8.07. The minimum Gasteiger partial charge on any atom is -0.489 e. The summed E-state index contributed by atoms with van der Waals surface area (Å²) >= 11 is 6.20. The molecule has 9 heteroatoms. The number of aliphatic hydroxyl groups is 1. The molecule has 37 heavy (non-hydrogen) atoms. The molecule has 1 aliphatic heterocycles. The van der Waals surface area contributed by atoms with Crippen LogP contribution in [0.15, 0.2) is 18.2 Å². The highest BCUT2D eigenvalue weighted by molar-refractivity contribution is 6.31. The van der Waals surface area contributed by atoms with Gasteiger partial charge >= 0.3 is 0 Å². The first-order valence-electron chi connectivity index (χ1n) is 12.8. The van der Waals surface area contributed by atoms with Crippen molar-refractivity contribution in [3.05, 3.63) is 45.7 Å². The second-order valence-corrected chi connectivity index (χ2v) is 11.9. The number of benzene rings is 1.